The van der Waals surface area contributed by atoms with Gasteiger partial charge in [-0.3, -0.25) is 4.79 Å². The van der Waals surface area contributed by atoms with Crippen LogP contribution in [0, 0.1) is 5.92 Å². The molecule has 0 N–H and O–H groups in total. The van der Waals surface area contributed by atoms with E-state index in [1.165, 1.54) is 12.8 Å². The molecule has 5 nitrogen and oxygen atoms in total. The van der Waals surface area contributed by atoms with Crippen LogP contribution in [0.5, 0.6) is 0 Å². The van der Waals surface area contributed by atoms with Crippen molar-refractivity contribution in [2.75, 3.05) is 13.1 Å². The van der Waals surface area contributed by atoms with E-state index < -0.39 is 0 Å². The van der Waals surface area contributed by atoms with E-state index in [0.29, 0.717) is 18.3 Å². The largest absolute Gasteiger partial charge is 0.342 e. The van der Waals surface area contributed by atoms with Gasteiger partial charge in [0.15, 0.2) is 5.82 Å². The van der Waals surface area contributed by atoms with E-state index in [0.717, 1.165) is 44.1 Å². The summed E-state index contributed by atoms with van der Waals surface area (Å²) in [5, 5.41) is 4.04. The standard InChI is InChI=1S/C14H21N3O2/c1-2-13(18)17-8-7-10(9-17)3-6-12-15-14(19-16-12)11-4-5-11/h10-11H,2-9H2,1H3. The molecular weight excluding hydrogens is 242 g/mol. The predicted octanol–water partition coefficient (Wildman–Crippen LogP) is 2.14. The molecule has 1 aromatic rings. The van der Waals surface area contributed by atoms with Crippen molar-refractivity contribution in [3.8, 4) is 0 Å². The Morgan fingerprint density at radius 2 is 2.26 bits per heavy atom. The smallest absolute Gasteiger partial charge is 0.229 e. The lowest BCUT2D eigenvalue weighted by atomic mass is 10.0. The number of hydrogen-bond acceptors (Lipinski definition) is 4. The second kappa shape index (κ2) is 5.31. The molecule has 2 aliphatic rings. The zero-order chi connectivity index (χ0) is 13.2. The first-order chi connectivity index (χ1) is 9.26. The summed E-state index contributed by atoms with van der Waals surface area (Å²) in [6.45, 7) is 3.74. The number of hydrogen-bond donors (Lipinski definition) is 0. The summed E-state index contributed by atoms with van der Waals surface area (Å²) < 4.78 is 5.25. The van der Waals surface area contributed by atoms with Crippen molar-refractivity contribution >= 4 is 5.91 Å². The highest BCUT2D eigenvalue weighted by Gasteiger charge is 2.30. The number of likely N-dealkylation sites (tertiary alicyclic amines) is 1. The number of carbonyl (C=O) groups is 1. The van der Waals surface area contributed by atoms with Gasteiger partial charge in [-0.05, 0) is 31.6 Å². The zero-order valence-electron chi connectivity index (χ0n) is 11.5. The number of rotatable bonds is 5. The Labute approximate surface area is 113 Å². The monoisotopic (exact) mass is 263 g/mol. The summed E-state index contributed by atoms with van der Waals surface area (Å²) in [5.74, 6) is 3.06. The van der Waals surface area contributed by atoms with Crippen molar-refractivity contribution in [3.63, 3.8) is 0 Å². The Kier molecular flexibility index (Phi) is 3.53. The van der Waals surface area contributed by atoms with Gasteiger partial charge < -0.3 is 9.42 Å². The van der Waals surface area contributed by atoms with Gasteiger partial charge in [-0.2, -0.15) is 4.98 Å². The van der Waals surface area contributed by atoms with Gasteiger partial charge in [0.25, 0.3) is 0 Å². The molecule has 2 fully saturated rings. The third-order valence-electron chi connectivity index (χ3n) is 4.13. The van der Waals surface area contributed by atoms with Crippen molar-refractivity contribution < 1.29 is 9.32 Å². The molecular formula is C14H21N3O2. The molecule has 104 valence electrons. The molecule has 2 heterocycles. The Morgan fingerprint density at radius 3 is 3.00 bits per heavy atom. The normalized spacial score (nSPS) is 23.0. The summed E-state index contributed by atoms with van der Waals surface area (Å²) in [5.41, 5.74) is 0. The lowest BCUT2D eigenvalue weighted by Crippen LogP contribution is -2.27. The van der Waals surface area contributed by atoms with Gasteiger partial charge in [-0.1, -0.05) is 12.1 Å². The summed E-state index contributed by atoms with van der Waals surface area (Å²) in [4.78, 5) is 18.0. The molecule has 1 aromatic heterocycles. The van der Waals surface area contributed by atoms with Crippen LogP contribution in [-0.2, 0) is 11.2 Å². The van der Waals surface area contributed by atoms with Gasteiger partial charge in [-0.15, -0.1) is 0 Å². The van der Waals surface area contributed by atoms with Crippen LogP contribution >= 0.6 is 0 Å². The van der Waals surface area contributed by atoms with E-state index in [-0.39, 0.29) is 5.91 Å². The average molecular weight is 263 g/mol. The zero-order valence-corrected chi connectivity index (χ0v) is 11.5. The first kappa shape index (κ1) is 12.6. The Balaban J connectivity index is 1.45. The van der Waals surface area contributed by atoms with Crippen LogP contribution in [-0.4, -0.2) is 34.0 Å². The van der Waals surface area contributed by atoms with Crippen molar-refractivity contribution in [2.24, 2.45) is 5.92 Å². The molecule has 3 rings (SSSR count). The first-order valence-electron chi connectivity index (χ1n) is 7.36. The van der Waals surface area contributed by atoms with E-state index in [4.69, 9.17) is 4.52 Å². The van der Waals surface area contributed by atoms with E-state index >= 15 is 0 Å². The van der Waals surface area contributed by atoms with E-state index in [2.05, 4.69) is 10.1 Å². The Hall–Kier alpha value is -1.39. The number of aromatic nitrogens is 2. The fraction of sp³-hybridized carbons (Fsp3) is 0.786. The number of aryl methyl sites for hydroxylation is 1. The molecule has 1 aliphatic carbocycles. The van der Waals surface area contributed by atoms with Gasteiger partial charge in [0.2, 0.25) is 11.8 Å². The minimum atomic E-state index is 0.276. The molecule has 1 saturated carbocycles. The van der Waals surface area contributed by atoms with E-state index in [1.807, 2.05) is 11.8 Å². The molecule has 1 unspecified atom stereocenters. The molecule has 1 atom stereocenters. The minimum absolute atomic E-state index is 0.276. The number of amides is 1. The van der Waals surface area contributed by atoms with Gasteiger partial charge >= 0.3 is 0 Å². The number of carbonyl (C=O) groups excluding carboxylic acids is 1. The van der Waals surface area contributed by atoms with Crippen molar-refractivity contribution in [1.29, 1.82) is 0 Å². The molecule has 0 radical (unpaired) electrons. The fourth-order valence-corrected chi connectivity index (χ4v) is 2.72. The SMILES string of the molecule is CCC(=O)N1CCC(CCc2noc(C3CC3)n2)C1. The van der Waals surface area contributed by atoms with Gasteiger partial charge in [0.05, 0.1) is 0 Å². The predicted molar refractivity (Wildman–Crippen MR) is 69.6 cm³/mol. The van der Waals surface area contributed by atoms with Crippen molar-refractivity contribution in [3.05, 3.63) is 11.7 Å². The highest BCUT2D eigenvalue weighted by atomic mass is 16.5. The van der Waals surface area contributed by atoms with E-state index in [9.17, 15) is 4.79 Å². The van der Waals surface area contributed by atoms with Crippen molar-refractivity contribution in [2.45, 2.75) is 51.4 Å². The summed E-state index contributed by atoms with van der Waals surface area (Å²) in [6, 6.07) is 0. The first-order valence-corrected chi connectivity index (χ1v) is 7.36. The molecule has 5 heteroatoms. The fourth-order valence-electron chi connectivity index (χ4n) is 2.72. The van der Waals surface area contributed by atoms with Crippen LogP contribution in [0.1, 0.15) is 56.7 Å². The quantitative estimate of drug-likeness (QED) is 0.816. The van der Waals surface area contributed by atoms with Gasteiger partial charge in [-0.25, -0.2) is 0 Å². The van der Waals surface area contributed by atoms with Crippen LogP contribution in [0.3, 0.4) is 0 Å². The molecule has 1 saturated heterocycles. The van der Waals surface area contributed by atoms with Gasteiger partial charge in [0.1, 0.15) is 0 Å². The lowest BCUT2D eigenvalue weighted by Gasteiger charge is -2.15. The van der Waals surface area contributed by atoms with Crippen LogP contribution in [0.4, 0.5) is 0 Å². The molecule has 0 spiro atoms. The van der Waals surface area contributed by atoms with Crippen LogP contribution in [0.2, 0.25) is 0 Å². The van der Waals surface area contributed by atoms with Crippen LogP contribution in [0.25, 0.3) is 0 Å². The highest BCUT2D eigenvalue weighted by molar-refractivity contribution is 5.76. The Bertz CT molecular complexity index is 453. The molecule has 0 bridgehead atoms. The average Bonchev–Trinajstić information content (AvgIpc) is 3.00. The molecule has 0 aromatic carbocycles. The molecule has 1 aliphatic heterocycles. The summed E-state index contributed by atoms with van der Waals surface area (Å²) in [7, 11) is 0. The molecule has 19 heavy (non-hydrogen) atoms. The second-order valence-corrected chi connectivity index (χ2v) is 5.71. The number of nitrogens with zero attached hydrogens (tertiary/aromatic N) is 3. The molecule has 1 amide bonds. The third-order valence-corrected chi connectivity index (χ3v) is 4.13. The third kappa shape index (κ3) is 2.96. The summed E-state index contributed by atoms with van der Waals surface area (Å²) in [6.07, 6.45) is 6.03. The maximum atomic E-state index is 11.6. The minimum Gasteiger partial charge on any atom is -0.342 e. The van der Waals surface area contributed by atoms with Crippen molar-refractivity contribution in [1.82, 2.24) is 15.0 Å². The lowest BCUT2D eigenvalue weighted by molar-refractivity contribution is -0.129. The topological polar surface area (TPSA) is 59.2 Å². The maximum Gasteiger partial charge on any atom is 0.229 e. The van der Waals surface area contributed by atoms with Gasteiger partial charge in [0, 0.05) is 31.8 Å². The maximum absolute atomic E-state index is 11.6. The second-order valence-electron chi connectivity index (χ2n) is 5.71. The van der Waals surface area contributed by atoms with Crippen LogP contribution < -0.4 is 0 Å². The Morgan fingerprint density at radius 1 is 1.42 bits per heavy atom. The van der Waals surface area contributed by atoms with E-state index in [1.54, 1.807) is 0 Å². The van der Waals surface area contributed by atoms with Crippen LogP contribution in [0.15, 0.2) is 4.52 Å². The summed E-state index contributed by atoms with van der Waals surface area (Å²) >= 11 is 0. The highest BCUT2D eigenvalue weighted by Crippen LogP contribution is 2.38.